The first-order valence-electron chi connectivity index (χ1n) is 5.01. The van der Waals surface area contributed by atoms with Crippen LogP contribution in [0.5, 0.6) is 0 Å². The molecule has 0 saturated carbocycles. The van der Waals surface area contributed by atoms with Crippen molar-refractivity contribution in [2.24, 2.45) is 5.41 Å². The summed E-state index contributed by atoms with van der Waals surface area (Å²) in [4.78, 5) is 23.1. The van der Waals surface area contributed by atoms with Crippen LogP contribution >= 0.6 is 0 Å². The van der Waals surface area contributed by atoms with Gasteiger partial charge in [0.1, 0.15) is 0 Å². The van der Waals surface area contributed by atoms with Crippen LogP contribution in [0.4, 0.5) is 0 Å². The van der Waals surface area contributed by atoms with E-state index >= 15 is 0 Å². The summed E-state index contributed by atoms with van der Waals surface area (Å²) in [5.74, 6) is -0.480. The van der Waals surface area contributed by atoms with E-state index in [9.17, 15) is 9.59 Å². The summed E-state index contributed by atoms with van der Waals surface area (Å²) < 4.78 is 4.87. The van der Waals surface area contributed by atoms with Crippen molar-refractivity contribution in [1.29, 1.82) is 0 Å². The minimum absolute atomic E-state index is 0.0591. The van der Waals surface area contributed by atoms with Gasteiger partial charge in [-0.3, -0.25) is 4.79 Å². The molecule has 82 valence electrons. The van der Waals surface area contributed by atoms with Gasteiger partial charge in [0, 0.05) is 5.41 Å². The molecule has 1 aliphatic rings. The van der Waals surface area contributed by atoms with Gasteiger partial charge in [-0.25, -0.2) is 4.79 Å². The number of ketones is 1. The lowest BCUT2D eigenvalue weighted by atomic mass is 9.80. The third-order valence-electron chi connectivity index (χ3n) is 2.41. The van der Waals surface area contributed by atoms with Crippen molar-refractivity contribution < 1.29 is 14.3 Å². The van der Waals surface area contributed by atoms with Gasteiger partial charge < -0.3 is 4.74 Å². The fraction of sp³-hybridized carbons (Fsp3) is 0.500. The monoisotopic (exact) mass is 208 g/mol. The molecule has 0 radical (unpaired) electrons. The standard InChI is InChI=1S/C12H16O3/c1-5-15-11(14)9-6-10(13)12(3,4)7-8(9)2/h6-7H,5H2,1-4H3. The molecule has 0 N–H and O–H groups in total. The third kappa shape index (κ3) is 2.35. The van der Waals surface area contributed by atoms with E-state index in [1.807, 2.05) is 26.8 Å². The second kappa shape index (κ2) is 4.01. The van der Waals surface area contributed by atoms with Gasteiger partial charge in [-0.05, 0) is 39.3 Å². The molecule has 0 spiro atoms. The van der Waals surface area contributed by atoms with E-state index < -0.39 is 11.4 Å². The minimum Gasteiger partial charge on any atom is -0.462 e. The number of rotatable bonds is 2. The van der Waals surface area contributed by atoms with Gasteiger partial charge in [0.15, 0.2) is 5.78 Å². The quantitative estimate of drug-likeness (QED) is 0.652. The molecular weight excluding hydrogens is 192 g/mol. The fourth-order valence-electron chi connectivity index (χ4n) is 1.55. The maximum absolute atomic E-state index is 11.7. The molecule has 0 bridgehead atoms. The lowest BCUT2D eigenvalue weighted by Gasteiger charge is -2.23. The Morgan fingerprint density at radius 1 is 1.47 bits per heavy atom. The smallest absolute Gasteiger partial charge is 0.338 e. The van der Waals surface area contributed by atoms with Crippen LogP contribution in [0.1, 0.15) is 27.7 Å². The number of carbonyl (C=O) groups excluding carboxylic acids is 2. The molecule has 0 aromatic rings. The number of hydrogen-bond donors (Lipinski definition) is 0. The van der Waals surface area contributed by atoms with Gasteiger partial charge >= 0.3 is 5.97 Å². The first-order chi connectivity index (χ1) is 6.88. The Labute approximate surface area is 89.8 Å². The van der Waals surface area contributed by atoms with Crippen LogP contribution in [0, 0.1) is 5.41 Å². The second-order valence-electron chi connectivity index (χ2n) is 4.19. The molecule has 0 fully saturated rings. The Kier molecular flexibility index (Phi) is 3.12. The van der Waals surface area contributed by atoms with Gasteiger partial charge in [0.05, 0.1) is 12.2 Å². The van der Waals surface area contributed by atoms with E-state index in [0.29, 0.717) is 12.2 Å². The van der Waals surface area contributed by atoms with E-state index in [1.165, 1.54) is 6.08 Å². The molecule has 3 heteroatoms. The molecule has 15 heavy (non-hydrogen) atoms. The largest absolute Gasteiger partial charge is 0.462 e. The second-order valence-corrected chi connectivity index (χ2v) is 4.19. The van der Waals surface area contributed by atoms with Crippen LogP contribution in [0.2, 0.25) is 0 Å². The lowest BCUT2D eigenvalue weighted by Crippen LogP contribution is -2.26. The maximum Gasteiger partial charge on any atom is 0.338 e. The molecule has 0 amide bonds. The van der Waals surface area contributed by atoms with Crippen molar-refractivity contribution in [3.05, 3.63) is 23.3 Å². The summed E-state index contributed by atoms with van der Waals surface area (Å²) in [6.07, 6.45) is 3.19. The van der Waals surface area contributed by atoms with Crippen LogP contribution in [0.15, 0.2) is 23.3 Å². The van der Waals surface area contributed by atoms with Crippen molar-refractivity contribution >= 4 is 11.8 Å². The Hall–Kier alpha value is -1.38. The summed E-state index contributed by atoms with van der Waals surface area (Å²) in [6.45, 7) is 7.54. The van der Waals surface area contributed by atoms with E-state index in [-0.39, 0.29) is 5.78 Å². The molecule has 1 rings (SSSR count). The molecule has 0 heterocycles. The van der Waals surface area contributed by atoms with E-state index in [4.69, 9.17) is 4.74 Å². The summed E-state index contributed by atoms with van der Waals surface area (Å²) in [5, 5.41) is 0. The number of allylic oxidation sites excluding steroid dienone is 2. The van der Waals surface area contributed by atoms with Crippen LogP contribution in [-0.2, 0) is 14.3 Å². The summed E-state index contributed by atoms with van der Waals surface area (Å²) in [5.41, 5.74) is 0.666. The van der Waals surface area contributed by atoms with E-state index in [0.717, 1.165) is 5.57 Å². The Morgan fingerprint density at radius 2 is 2.07 bits per heavy atom. The van der Waals surface area contributed by atoms with Crippen molar-refractivity contribution in [3.8, 4) is 0 Å². The molecule has 0 unspecified atom stereocenters. The maximum atomic E-state index is 11.7. The predicted octanol–water partition coefficient (Wildman–Crippen LogP) is 2.03. The Balaban J connectivity index is 3.00. The molecule has 0 saturated heterocycles. The van der Waals surface area contributed by atoms with Gasteiger partial charge in [-0.1, -0.05) is 6.08 Å². The first kappa shape index (κ1) is 11.7. The van der Waals surface area contributed by atoms with Crippen molar-refractivity contribution in [2.75, 3.05) is 6.61 Å². The van der Waals surface area contributed by atoms with Crippen molar-refractivity contribution in [2.45, 2.75) is 27.7 Å². The molecule has 0 aromatic heterocycles. The highest BCUT2D eigenvalue weighted by atomic mass is 16.5. The number of esters is 1. The number of carbonyl (C=O) groups is 2. The highest BCUT2D eigenvalue weighted by molar-refractivity contribution is 6.07. The first-order valence-corrected chi connectivity index (χ1v) is 5.01. The van der Waals surface area contributed by atoms with Gasteiger partial charge in [-0.15, -0.1) is 0 Å². The zero-order valence-electron chi connectivity index (χ0n) is 9.59. The Morgan fingerprint density at radius 3 is 2.60 bits per heavy atom. The highest BCUT2D eigenvalue weighted by Gasteiger charge is 2.30. The van der Waals surface area contributed by atoms with Crippen LogP contribution < -0.4 is 0 Å². The topological polar surface area (TPSA) is 43.4 Å². The average Bonchev–Trinajstić information content (AvgIpc) is 2.11. The van der Waals surface area contributed by atoms with Gasteiger partial charge in [-0.2, -0.15) is 0 Å². The molecule has 1 aliphatic carbocycles. The molecule has 0 aromatic carbocycles. The molecular formula is C12H16O3. The normalized spacial score (nSPS) is 19.3. The molecule has 0 atom stereocenters. The number of ether oxygens (including phenoxy) is 1. The third-order valence-corrected chi connectivity index (χ3v) is 2.41. The van der Waals surface area contributed by atoms with Gasteiger partial charge in [0.2, 0.25) is 0 Å². The molecule has 3 nitrogen and oxygen atoms in total. The van der Waals surface area contributed by atoms with E-state index in [2.05, 4.69) is 0 Å². The zero-order valence-corrected chi connectivity index (χ0v) is 9.59. The van der Waals surface area contributed by atoms with Crippen LogP contribution in [0.3, 0.4) is 0 Å². The predicted molar refractivity (Wildman–Crippen MR) is 57.3 cm³/mol. The van der Waals surface area contributed by atoms with Crippen LogP contribution in [-0.4, -0.2) is 18.4 Å². The lowest BCUT2D eigenvalue weighted by molar-refractivity contribution is -0.138. The van der Waals surface area contributed by atoms with Crippen molar-refractivity contribution in [1.82, 2.24) is 0 Å². The number of hydrogen-bond acceptors (Lipinski definition) is 3. The average molecular weight is 208 g/mol. The SMILES string of the molecule is CCOC(=O)C1=CC(=O)C(C)(C)C=C1C. The van der Waals surface area contributed by atoms with Crippen molar-refractivity contribution in [3.63, 3.8) is 0 Å². The summed E-state index contributed by atoms with van der Waals surface area (Å²) >= 11 is 0. The van der Waals surface area contributed by atoms with Gasteiger partial charge in [0.25, 0.3) is 0 Å². The minimum atomic E-state index is -0.514. The molecule has 0 aliphatic heterocycles. The zero-order chi connectivity index (χ0) is 11.6. The Bertz CT molecular complexity index is 359. The fourth-order valence-corrected chi connectivity index (χ4v) is 1.55. The van der Waals surface area contributed by atoms with E-state index in [1.54, 1.807) is 6.92 Å². The van der Waals surface area contributed by atoms with Crippen LogP contribution in [0.25, 0.3) is 0 Å². The summed E-state index contributed by atoms with van der Waals surface area (Å²) in [7, 11) is 0. The summed E-state index contributed by atoms with van der Waals surface area (Å²) in [6, 6.07) is 0. The highest BCUT2D eigenvalue weighted by Crippen LogP contribution is 2.29.